The Hall–Kier alpha value is -3.60. The molecule has 0 saturated heterocycles. The van der Waals surface area contributed by atoms with Gasteiger partial charge in [-0.15, -0.1) is 10.2 Å². The van der Waals surface area contributed by atoms with Crippen LogP contribution in [0.1, 0.15) is 32.7 Å². The van der Waals surface area contributed by atoms with Gasteiger partial charge < -0.3 is 19.4 Å². The number of ether oxygens (including phenoxy) is 2. The zero-order valence-corrected chi connectivity index (χ0v) is 20.2. The van der Waals surface area contributed by atoms with Crippen molar-refractivity contribution in [3.05, 3.63) is 64.5 Å². The molecule has 1 aromatic heterocycles. The fourth-order valence-electron chi connectivity index (χ4n) is 3.17. The number of carbonyl (C=O) groups excluding carboxylic acids is 1. The van der Waals surface area contributed by atoms with Crippen LogP contribution in [-0.2, 0) is 11.3 Å². The smallest absolute Gasteiger partial charge is 0.269 e. The van der Waals surface area contributed by atoms with Crippen molar-refractivity contribution in [1.29, 1.82) is 0 Å². The Kier molecular flexibility index (Phi) is 8.47. The van der Waals surface area contributed by atoms with Gasteiger partial charge in [-0.05, 0) is 37.1 Å². The second-order valence-corrected chi connectivity index (χ2v) is 8.87. The summed E-state index contributed by atoms with van der Waals surface area (Å²) in [5.41, 5.74) is 0.452. The van der Waals surface area contributed by atoms with Gasteiger partial charge in [0.2, 0.25) is 5.91 Å². The van der Waals surface area contributed by atoms with E-state index in [-0.39, 0.29) is 23.5 Å². The van der Waals surface area contributed by atoms with Gasteiger partial charge in [-0.3, -0.25) is 14.9 Å². The molecular weight excluding hydrogens is 458 g/mol. The van der Waals surface area contributed by atoms with Crippen molar-refractivity contribution < 1.29 is 19.2 Å². The molecule has 0 aliphatic rings. The fourth-order valence-corrected chi connectivity index (χ4v) is 3.92. The number of nitrogens with one attached hydrogen (secondary N) is 1. The molecule has 2 aromatic carbocycles. The monoisotopic (exact) mass is 485 g/mol. The minimum absolute atomic E-state index is 0.0352. The summed E-state index contributed by atoms with van der Waals surface area (Å²) in [7, 11) is 1.60. The lowest BCUT2D eigenvalue weighted by Crippen LogP contribution is -2.17. The van der Waals surface area contributed by atoms with Crippen LogP contribution in [-0.4, -0.2) is 38.5 Å². The Bertz CT molecular complexity index is 1130. The Morgan fingerprint density at radius 3 is 2.50 bits per heavy atom. The number of benzene rings is 2. The van der Waals surface area contributed by atoms with Crippen LogP contribution in [0.15, 0.2) is 53.7 Å². The first-order valence-electron chi connectivity index (χ1n) is 10.7. The lowest BCUT2D eigenvalue weighted by molar-refractivity contribution is -0.384. The molecule has 0 spiro atoms. The van der Waals surface area contributed by atoms with E-state index in [1.54, 1.807) is 13.2 Å². The van der Waals surface area contributed by atoms with Gasteiger partial charge in [0.05, 0.1) is 17.8 Å². The van der Waals surface area contributed by atoms with Gasteiger partial charge in [0, 0.05) is 30.4 Å². The Balaban J connectivity index is 1.67. The molecule has 0 saturated carbocycles. The number of anilines is 1. The molecule has 3 rings (SSSR count). The number of hydrogen-bond acceptors (Lipinski definition) is 8. The van der Waals surface area contributed by atoms with E-state index >= 15 is 0 Å². The summed E-state index contributed by atoms with van der Waals surface area (Å²) >= 11 is 1.27. The third kappa shape index (κ3) is 6.70. The number of aromatic nitrogens is 3. The summed E-state index contributed by atoms with van der Waals surface area (Å²) in [6.45, 7) is 6.75. The number of carbonyl (C=O) groups is 1. The molecular formula is C23H27N5O5S. The Labute approximate surface area is 201 Å². The summed E-state index contributed by atoms with van der Waals surface area (Å²) in [6, 6.07) is 13.0. The summed E-state index contributed by atoms with van der Waals surface area (Å²) in [5, 5.41) is 22.7. The van der Waals surface area contributed by atoms with E-state index in [4.69, 9.17) is 9.47 Å². The van der Waals surface area contributed by atoms with Crippen LogP contribution in [0.2, 0.25) is 0 Å². The van der Waals surface area contributed by atoms with Crippen LogP contribution in [0.25, 0.3) is 0 Å². The largest absolute Gasteiger partial charge is 0.497 e. The molecule has 1 unspecified atom stereocenters. The van der Waals surface area contributed by atoms with Gasteiger partial charge in [-0.25, -0.2) is 0 Å². The topological polar surface area (TPSA) is 121 Å². The molecule has 0 aliphatic carbocycles. The highest BCUT2D eigenvalue weighted by molar-refractivity contribution is 7.99. The molecule has 11 heteroatoms. The zero-order chi connectivity index (χ0) is 24.7. The summed E-state index contributed by atoms with van der Waals surface area (Å²) in [4.78, 5) is 22.7. The summed E-state index contributed by atoms with van der Waals surface area (Å²) < 4.78 is 13.3. The highest BCUT2D eigenvalue weighted by Crippen LogP contribution is 2.27. The average molecular weight is 486 g/mol. The van der Waals surface area contributed by atoms with Crippen LogP contribution in [0, 0.1) is 16.0 Å². The molecule has 1 N–H and O–H groups in total. The minimum atomic E-state index is -0.487. The molecule has 180 valence electrons. The lowest BCUT2D eigenvalue weighted by Gasteiger charge is -2.18. The van der Waals surface area contributed by atoms with Gasteiger partial charge in [-0.1, -0.05) is 31.7 Å². The predicted octanol–water partition coefficient (Wildman–Crippen LogP) is 4.72. The van der Waals surface area contributed by atoms with Crippen molar-refractivity contribution in [1.82, 2.24) is 14.8 Å². The first-order valence-corrected chi connectivity index (χ1v) is 11.7. The van der Waals surface area contributed by atoms with E-state index < -0.39 is 4.92 Å². The van der Waals surface area contributed by atoms with Crippen molar-refractivity contribution in [2.24, 2.45) is 5.92 Å². The van der Waals surface area contributed by atoms with Crippen molar-refractivity contribution in [2.45, 2.75) is 38.6 Å². The van der Waals surface area contributed by atoms with E-state index in [2.05, 4.69) is 29.4 Å². The highest BCUT2D eigenvalue weighted by Gasteiger charge is 2.21. The third-order valence-electron chi connectivity index (χ3n) is 4.71. The quantitative estimate of drug-likeness (QED) is 0.235. The van der Waals surface area contributed by atoms with Crippen molar-refractivity contribution in [2.75, 3.05) is 18.2 Å². The van der Waals surface area contributed by atoms with E-state index in [9.17, 15) is 14.9 Å². The molecule has 0 fully saturated rings. The van der Waals surface area contributed by atoms with Gasteiger partial charge in [-0.2, -0.15) is 0 Å². The maximum Gasteiger partial charge on any atom is 0.269 e. The van der Waals surface area contributed by atoms with Gasteiger partial charge >= 0.3 is 0 Å². The number of hydrogen-bond donors (Lipinski definition) is 1. The molecule has 1 atom stereocenters. The Morgan fingerprint density at radius 2 is 1.85 bits per heavy atom. The van der Waals surface area contributed by atoms with E-state index in [1.165, 1.54) is 36.0 Å². The second-order valence-electron chi connectivity index (χ2n) is 7.93. The zero-order valence-electron chi connectivity index (χ0n) is 19.4. The van der Waals surface area contributed by atoms with Gasteiger partial charge in [0.1, 0.15) is 11.5 Å². The number of methoxy groups -OCH3 is 1. The summed E-state index contributed by atoms with van der Waals surface area (Å²) in [5.74, 6) is 2.20. The maximum atomic E-state index is 12.4. The SMILES string of the molecule is COc1cccc(OC(C)c2nnc(SCC(=O)Nc3ccc([N+](=O)[O-])cc3)n2CC(C)C)c1. The number of thioether (sulfide) groups is 1. The first-order chi connectivity index (χ1) is 16.3. The molecule has 1 amide bonds. The normalized spacial score (nSPS) is 11.8. The predicted molar refractivity (Wildman–Crippen MR) is 129 cm³/mol. The summed E-state index contributed by atoms with van der Waals surface area (Å²) in [6.07, 6.45) is -0.373. The molecule has 1 heterocycles. The van der Waals surface area contributed by atoms with E-state index in [0.29, 0.717) is 40.6 Å². The van der Waals surface area contributed by atoms with Crippen LogP contribution in [0.4, 0.5) is 11.4 Å². The van der Waals surface area contributed by atoms with Gasteiger partial charge in [0.25, 0.3) is 5.69 Å². The highest BCUT2D eigenvalue weighted by atomic mass is 32.2. The molecule has 0 aliphatic heterocycles. The number of non-ortho nitro benzene ring substituents is 1. The molecule has 3 aromatic rings. The molecule has 0 radical (unpaired) electrons. The fraction of sp³-hybridized carbons (Fsp3) is 0.348. The number of amides is 1. The van der Waals surface area contributed by atoms with Crippen LogP contribution < -0.4 is 14.8 Å². The second kappa shape index (κ2) is 11.5. The van der Waals surface area contributed by atoms with Crippen LogP contribution >= 0.6 is 11.8 Å². The first kappa shape index (κ1) is 25.0. The Morgan fingerprint density at radius 1 is 1.15 bits per heavy atom. The number of rotatable bonds is 11. The maximum absolute atomic E-state index is 12.4. The standard InChI is InChI=1S/C23H27N5O5S/c1-15(2)13-27-22(16(3)33-20-7-5-6-19(12-20)32-4)25-26-23(27)34-14-21(29)24-17-8-10-18(11-9-17)28(30)31/h5-12,15-16H,13-14H2,1-4H3,(H,24,29). The molecule has 0 bridgehead atoms. The minimum Gasteiger partial charge on any atom is -0.497 e. The van der Waals surface area contributed by atoms with Crippen LogP contribution in [0.5, 0.6) is 11.5 Å². The number of nitrogens with zero attached hydrogens (tertiary/aromatic N) is 4. The molecule has 34 heavy (non-hydrogen) atoms. The number of nitro groups is 1. The average Bonchev–Trinajstić information content (AvgIpc) is 3.20. The van der Waals surface area contributed by atoms with Gasteiger partial charge in [0.15, 0.2) is 17.1 Å². The molecule has 10 nitrogen and oxygen atoms in total. The van der Waals surface area contributed by atoms with E-state index in [1.807, 2.05) is 29.7 Å². The van der Waals surface area contributed by atoms with E-state index in [0.717, 1.165) is 0 Å². The van der Waals surface area contributed by atoms with Crippen molar-refractivity contribution >= 4 is 29.0 Å². The van der Waals surface area contributed by atoms with Crippen molar-refractivity contribution in [3.8, 4) is 11.5 Å². The lowest BCUT2D eigenvalue weighted by atomic mass is 10.2. The third-order valence-corrected chi connectivity index (χ3v) is 5.67. The number of nitro benzene ring substituents is 1. The van der Waals surface area contributed by atoms with Crippen molar-refractivity contribution in [3.63, 3.8) is 0 Å². The van der Waals surface area contributed by atoms with Crippen LogP contribution in [0.3, 0.4) is 0 Å².